The lowest BCUT2D eigenvalue weighted by Crippen LogP contribution is -2.14. The third kappa shape index (κ3) is 5.18. The van der Waals surface area contributed by atoms with Crippen LogP contribution in [0.15, 0.2) is 182 Å². The predicted octanol–water partition coefficient (Wildman–Crippen LogP) is 13.4. The van der Waals surface area contributed by atoms with Crippen LogP contribution in [0.25, 0.3) is 88.8 Å². The van der Waals surface area contributed by atoms with Crippen LogP contribution in [0.4, 0.5) is 0 Å². The van der Waals surface area contributed by atoms with Gasteiger partial charge in [-0.3, -0.25) is 0 Å². The minimum Gasteiger partial charge on any atom is -0.228 e. The minimum absolute atomic E-state index is 0.0631. The molecule has 1 aromatic heterocycles. The molecule has 10 rings (SSSR count). The van der Waals surface area contributed by atoms with Gasteiger partial charge < -0.3 is 0 Å². The summed E-state index contributed by atoms with van der Waals surface area (Å²) in [6.07, 6.45) is 0. The number of hydrogen-bond acceptors (Lipinski definition) is 2. The molecule has 250 valence electrons. The van der Waals surface area contributed by atoms with E-state index in [1.807, 2.05) is 6.07 Å². The van der Waals surface area contributed by atoms with Crippen molar-refractivity contribution in [3.8, 4) is 67.3 Å². The molecule has 53 heavy (non-hydrogen) atoms. The Morgan fingerprint density at radius 2 is 0.849 bits per heavy atom. The molecule has 0 atom stereocenters. The van der Waals surface area contributed by atoms with Crippen molar-refractivity contribution in [2.45, 2.75) is 19.3 Å². The van der Waals surface area contributed by atoms with Crippen molar-refractivity contribution in [1.82, 2.24) is 9.97 Å². The molecule has 1 aliphatic carbocycles. The average molecular weight is 677 g/mol. The molecule has 0 N–H and O–H groups in total. The highest BCUT2D eigenvalue weighted by Crippen LogP contribution is 2.50. The van der Waals surface area contributed by atoms with E-state index in [1.165, 1.54) is 66.1 Å². The number of rotatable bonds is 5. The van der Waals surface area contributed by atoms with Gasteiger partial charge in [-0.25, -0.2) is 9.97 Å². The molecule has 0 saturated heterocycles. The van der Waals surface area contributed by atoms with Crippen LogP contribution in [-0.2, 0) is 5.41 Å². The average Bonchev–Trinajstić information content (AvgIpc) is 3.45. The SMILES string of the molecule is CC1(C)c2ccccc2-c2ccc(-c3ccc(-c4cc(-c5cccc6ccccc56)nc(-c5ccc(-c6ccccc6)cc5)n4)c4ccccc34)cc21. The van der Waals surface area contributed by atoms with E-state index in [0.29, 0.717) is 5.82 Å². The van der Waals surface area contributed by atoms with E-state index in [0.717, 1.165) is 28.1 Å². The van der Waals surface area contributed by atoms with Crippen LogP contribution in [0.5, 0.6) is 0 Å². The Bertz CT molecular complexity index is 2840. The molecule has 1 heterocycles. The molecule has 0 aliphatic heterocycles. The van der Waals surface area contributed by atoms with Crippen LogP contribution < -0.4 is 0 Å². The molecule has 0 bridgehead atoms. The summed E-state index contributed by atoms with van der Waals surface area (Å²) in [5, 5.41) is 4.74. The topological polar surface area (TPSA) is 25.8 Å². The summed E-state index contributed by atoms with van der Waals surface area (Å²) in [7, 11) is 0. The minimum atomic E-state index is -0.0631. The zero-order chi connectivity index (χ0) is 35.5. The zero-order valence-electron chi connectivity index (χ0n) is 29.7. The van der Waals surface area contributed by atoms with Crippen molar-refractivity contribution in [2.24, 2.45) is 0 Å². The van der Waals surface area contributed by atoms with Gasteiger partial charge in [-0.1, -0.05) is 184 Å². The van der Waals surface area contributed by atoms with Crippen LogP contribution >= 0.6 is 0 Å². The standard InChI is InChI=1S/C51H36N2/c1-51(2)46-22-11-10-20-42(46)43-28-27-37(31-47(43)51)39-29-30-45(41-19-9-8-18-40(39)41)49-32-48(44-21-12-16-35-15-6-7-17-38(35)44)52-50(53-49)36-25-23-34(24-26-36)33-13-4-3-5-14-33/h3-32H,1-2H3. The van der Waals surface area contributed by atoms with Crippen molar-refractivity contribution < 1.29 is 0 Å². The van der Waals surface area contributed by atoms with E-state index in [-0.39, 0.29) is 5.41 Å². The second-order valence-corrected chi connectivity index (χ2v) is 14.6. The van der Waals surface area contributed by atoms with Crippen molar-refractivity contribution >= 4 is 21.5 Å². The van der Waals surface area contributed by atoms with E-state index in [2.05, 4.69) is 190 Å². The highest BCUT2D eigenvalue weighted by atomic mass is 14.9. The molecule has 0 unspecified atom stereocenters. The van der Waals surface area contributed by atoms with E-state index < -0.39 is 0 Å². The fourth-order valence-electron chi connectivity index (χ4n) is 8.39. The van der Waals surface area contributed by atoms with Gasteiger partial charge in [0.2, 0.25) is 0 Å². The number of benzene rings is 8. The first kappa shape index (κ1) is 31.1. The first-order chi connectivity index (χ1) is 26.0. The van der Waals surface area contributed by atoms with Gasteiger partial charge in [0.05, 0.1) is 11.4 Å². The largest absolute Gasteiger partial charge is 0.228 e. The third-order valence-corrected chi connectivity index (χ3v) is 11.1. The lowest BCUT2D eigenvalue weighted by molar-refractivity contribution is 0.660. The maximum atomic E-state index is 5.31. The smallest absolute Gasteiger partial charge is 0.160 e. The Morgan fingerprint density at radius 3 is 1.64 bits per heavy atom. The molecule has 0 fully saturated rings. The lowest BCUT2D eigenvalue weighted by atomic mass is 9.81. The Hall–Kier alpha value is -6.64. The number of aromatic nitrogens is 2. The van der Waals surface area contributed by atoms with E-state index in [4.69, 9.17) is 9.97 Å². The van der Waals surface area contributed by atoms with Crippen molar-refractivity contribution in [3.05, 3.63) is 193 Å². The molecule has 0 spiro atoms. The monoisotopic (exact) mass is 676 g/mol. The van der Waals surface area contributed by atoms with Gasteiger partial charge in [-0.2, -0.15) is 0 Å². The summed E-state index contributed by atoms with van der Waals surface area (Å²) in [4.78, 5) is 10.6. The predicted molar refractivity (Wildman–Crippen MR) is 222 cm³/mol. The zero-order valence-corrected chi connectivity index (χ0v) is 29.7. The normalized spacial score (nSPS) is 12.9. The second kappa shape index (κ2) is 12.3. The van der Waals surface area contributed by atoms with Gasteiger partial charge in [0, 0.05) is 22.1 Å². The Balaban J connectivity index is 1.14. The highest BCUT2D eigenvalue weighted by Gasteiger charge is 2.35. The molecule has 8 aromatic carbocycles. The summed E-state index contributed by atoms with van der Waals surface area (Å²) >= 11 is 0. The maximum Gasteiger partial charge on any atom is 0.160 e. The highest BCUT2D eigenvalue weighted by molar-refractivity contribution is 6.05. The van der Waals surface area contributed by atoms with Gasteiger partial charge in [0.15, 0.2) is 5.82 Å². The third-order valence-electron chi connectivity index (χ3n) is 11.1. The first-order valence-corrected chi connectivity index (χ1v) is 18.3. The Morgan fingerprint density at radius 1 is 0.340 bits per heavy atom. The van der Waals surface area contributed by atoms with E-state index in [1.54, 1.807) is 0 Å². The van der Waals surface area contributed by atoms with E-state index >= 15 is 0 Å². The summed E-state index contributed by atoms with van der Waals surface area (Å²) in [5.74, 6) is 0.707. The van der Waals surface area contributed by atoms with Crippen LogP contribution in [0.3, 0.4) is 0 Å². The number of hydrogen-bond donors (Lipinski definition) is 0. The summed E-state index contributed by atoms with van der Waals surface area (Å²) < 4.78 is 0. The second-order valence-electron chi connectivity index (χ2n) is 14.6. The summed E-state index contributed by atoms with van der Waals surface area (Å²) in [6.45, 7) is 4.69. The van der Waals surface area contributed by atoms with Crippen LogP contribution in [0.2, 0.25) is 0 Å². The maximum absolute atomic E-state index is 5.31. The fraction of sp³-hybridized carbons (Fsp3) is 0.0588. The number of fused-ring (bicyclic) bond motifs is 5. The molecule has 2 nitrogen and oxygen atoms in total. The fourth-order valence-corrected chi connectivity index (χ4v) is 8.39. The molecule has 1 aliphatic rings. The van der Waals surface area contributed by atoms with Gasteiger partial charge in [0.25, 0.3) is 0 Å². The van der Waals surface area contributed by atoms with Crippen LogP contribution in [0, 0.1) is 0 Å². The first-order valence-electron chi connectivity index (χ1n) is 18.3. The molecular formula is C51H36N2. The number of nitrogens with zero attached hydrogens (tertiary/aromatic N) is 2. The molecule has 0 saturated carbocycles. The van der Waals surface area contributed by atoms with Gasteiger partial charge in [-0.15, -0.1) is 0 Å². The Kier molecular flexibility index (Phi) is 7.19. The quantitative estimate of drug-likeness (QED) is 0.181. The van der Waals surface area contributed by atoms with Gasteiger partial charge in [0.1, 0.15) is 0 Å². The lowest BCUT2D eigenvalue weighted by Gasteiger charge is -2.22. The van der Waals surface area contributed by atoms with Crippen LogP contribution in [-0.4, -0.2) is 9.97 Å². The molecule has 0 radical (unpaired) electrons. The van der Waals surface area contributed by atoms with E-state index in [9.17, 15) is 0 Å². The molecular weight excluding hydrogens is 641 g/mol. The van der Waals surface area contributed by atoms with Crippen molar-refractivity contribution in [2.75, 3.05) is 0 Å². The Labute approximate surface area is 310 Å². The van der Waals surface area contributed by atoms with Crippen molar-refractivity contribution in [1.29, 1.82) is 0 Å². The molecule has 2 heteroatoms. The van der Waals surface area contributed by atoms with Gasteiger partial charge in [-0.05, 0) is 78.2 Å². The van der Waals surface area contributed by atoms with Crippen LogP contribution in [0.1, 0.15) is 25.0 Å². The molecule has 0 amide bonds. The van der Waals surface area contributed by atoms with Gasteiger partial charge >= 0.3 is 0 Å². The van der Waals surface area contributed by atoms with Crippen molar-refractivity contribution in [3.63, 3.8) is 0 Å². The summed E-state index contributed by atoms with van der Waals surface area (Å²) in [6, 6.07) is 65.4. The summed E-state index contributed by atoms with van der Waals surface area (Å²) in [5.41, 5.74) is 15.2. The molecule has 9 aromatic rings.